The van der Waals surface area contributed by atoms with E-state index in [9.17, 15) is 9.59 Å². The predicted molar refractivity (Wildman–Crippen MR) is 102 cm³/mol. The second-order valence-corrected chi connectivity index (χ2v) is 10.2. The molecule has 0 bridgehead atoms. The number of rotatable bonds is 4. The molecule has 0 N–H and O–H groups in total. The first-order valence-corrected chi connectivity index (χ1v) is 10.3. The van der Waals surface area contributed by atoms with Crippen molar-refractivity contribution in [2.45, 2.75) is 85.5 Å². The van der Waals surface area contributed by atoms with Crippen LogP contribution in [0.15, 0.2) is 12.2 Å². The Labute approximate surface area is 153 Å². The zero-order valence-corrected chi connectivity index (χ0v) is 16.7. The second-order valence-electron chi connectivity index (χ2n) is 10.2. The third kappa shape index (κ3) is 2.84. The van der Waals surface area contributed by atoms with Crippen molar-refractivity contribution < 1.29 is 9.59 Å². The molecular formula is C23H36O2. The molecule has 0 radical (unpaired) electrons. The first-order valence-electron chi connectivity index (χ1n) is 10.3. The summed E-state index contributed by atoms with van der Waals surface area (Å²) in [6.45, 7) is 13.3. The zero-order chi connectivity index (χ0) is 18.5. The van der Waals surface area contributed by atoms with Gasteiger partial charge in [0.15, 0.2) is 0 Å². The lowest BCUT2D eigenvalue weighted by Crippen LogP contribution is -2.60. The van der Waals surface area contributed by atoms with E-state index in [0.717, 1.165) is 32.1 Å². The average molecular weight is 367 g/mol. The van der Waals surface area contributed by atoms with Gasteiger partial charge < -0.3 is 9.59 Å². The number of allylic oxidation sites excluding steroid dienone is 1. The van der Waals surface area contributed by atoms with Gasteiger partial charge in [0, 0.05) is 11.8 Å². The predicted octanol–water partition coefficient (Wildman–Crippen LogP) is 5.75. The van der Waals surface area contributed by atoms with Crippen LogP contribution in [0.1, 0.15) is 85.5 Å². The third-order valence-corrected chi connectivity index (χ3v) is 8.49. The Balaban J connectivity index is 1.99. The summed E-state index contributed by atoms with van der Waals surface area (Å²) in [4.78, 5) is 24.2. The summed E-state index contributed by atoms with van der Waals surface area (Å²) in [6.07, 6.45) is 10.9. The molecule has 0 aromatic rings. The quantitative estimate of drug-likeness (QED) is 0.360. The van der Waals surface area contributed by atoms with Gasteiger partial charge in [-0.2, -0.15) is 0 Å². The van der Waals surface area contributed by atoms with Gasteiger partial charge in [0.25, 0.3) is 0 Å². The molecule has 0 aliphatic heterocycles. The molecule has 3 aliphatic carbocycles. The van der Waals surface area contributed by atoms with E-state index in [2.05, 4.69) is 27.4 Å². The van der Waals surface area contributed by atoms with Crippen LogP contribution >= 0.6 is 0 Å². The van der Waals surface area contributed by atoms with E-state index in [-0.39, 0.29) is 22.0 Å². The molecule has 5 unspecified atom stereocenters. The van der Waals surface area contributed by atoms with Gasteiger partial charge in [-0.1, -0.05) is 39.3 Å². The summed E-state index contributed by atoms with van der Waals surface area (Å²) in [5.41, 5.74) is 1.58. The van der Waals surface area contributed by atoms with Gasteiger partial charge in [0.1, 0.15) is 12.1 Å². The van der Waals surface area contributed by atoms with E-state index in [1.54, 1.807) is 6.92 Å². The number of aldehydes is 1. The number of carbonyl (C=O) groups excluding carboxylic acids is 2. The highest BCUT2D eigenvalue weighted by molar-refractivity contribution is 5.75. The monoisotopic (exact) mass is 367 g/mol. The summed E-state index contributed by atoms with van der Waals surface area (Å²) in [5.74, 6) is 1.65. The molecule has 0 amide bonds. The maximum Gasteiger partial charge on any atom is 0.129 e. The fourth-order valence-corrected chi connectivity index (χ4v) is 7.34. The molecule has 3 fully saturated rings. The molecule has 3 rings (SSSR count). The summed E-state index contributed by atoms with van der Waals surface area (Å²) in [6, 6.07) is 0. The molecule has 3 saturated carbocycles. The van der Waals surface area contributed by atoms with Crippen LogP contribution in [0, 0.1) is 34.0 Å². The summed E-state index contributed by atoms with van der Waals surface area (Å²) >= 11 is 0. The van der Waals surface area contributed by atoms with E-state index < -0.39 is 0 Å². The fourth-order valence-electron chi connectivity index (χ4n) is 7.34. The lowest BCUT2D eigenvalue weighted by molar-refractivity contribution is -0.169. The topological polar surface area (TPSA) is 34.1 Å². The fraction of sp³-hybridized carbons (Fsp3) is 0.826. The minimum Gasteiger partial charge on any atom is -0.303 e. The van der Waals surface area contributed by atoms with Crippen LogP contribution in [0.25, 0.3) is 0 Å². The Morgan fingerprint density at radius 3 is 2.52 bits per heavy atom. The van der Waals surface area contributed by atoms with Crippen LogP contribution in [0.2, 0.25) is 0 Å². The Bertz CT molecular complexity index is 575. The van der Waals surface area contributed by atoms with E-state index in [0.29, 0.717) is 24.2 Å². The van der Waals surface area contributed by atoms with Gasteiger partial charge in [-0.3, -0.25) is 0 Å². The molecule has 5 atom stereocenters. The summed E-state index contributed by atoms with van der Waals surface area (Å²) in [7, 11) is 0. The molecule has 25 heavy (non-hydrogen) atoms. The molecule has 140 valence electrons. The van der Waals surface area contributed by atoms with Gasteiger partial charge in [-0.25, -0.2) is 0 Å². The van der Waals surface area contributed by atoms with Crippen molar-refractivity contribution in [3.05, 3.63) is 12.2 Å². The molecule has 3 aliphatic rings. The molecular weight excluding hydrogens is 331 g/mol. The highest BCUT2D eigenvalue weighted by Gasteiger charge is 2.63. The van der Waals surface area contributed by atoms with Crippen LogP contribution in [0.4, 0.5) is 0 Å². The summed E-state index contributed by atoms with van der Waals surface area (Å²) < 4.78 is 0. The Kier molecular flexibility index (Phi) is 4.79. The van der Waals surface area contributed by atoms with Gasteiger partial charge in [-0.05, 0) is 80.5 Å². The average Bonchev–Trinajstić information content (AvgIpc) is 2.52. The van der Waals surface area contributed by atoms with Gasteiger partial charge >= 0.3 is 0 Å². The van der Waals surface area contributed by atoms with Crippen molar-refractivity contribution in [2.75, 3.05) is 0 Å². The third-order valence-electron chi connectivity index (χ3n) is 8.49. The highest BCUT2D eigenvalue weighted by Crippen LogP contribution is 2.68. The Hall–Kier alpha value is -0.920. The summed E-state index contributed by atoms with van der Waals surface area (Å²) in [5, 5.41) is 0. The van der Waals surface area contributed by atoms with Gasteiger partial charge in [-0.15, -0.1) is 0 Å². The van der Waals surface area contributed by atoms with Crippen molar-refractivity contribution in [3.63, 3.8) is 0 Å². The lowest BCUT2D eigenvalue weighted by Gasteiger charge is -2.65. The normalized spacial score (nSPS) is 43.0. The minimum absolute atomic E-state index is 0.135. The molecule has 0 aromatic heterocycles. The zero-order valence-electron chi connectivity index (χ0n) is 16.7. The standard InChI is InChI=1S/C23H36O2/c1-16-7-10-20-22(5,18(16)9-8-17(2)25)14-11-19-21(3,4)12-6-13-23(19,20)15-24/h15,18-20H,1,6-14H2,2-5H3/i1+1,2+1,3+1,4+1,5+1,6+1,7+1,8+1,9+1,10+1,11+1,12+1,13+1,14+1,15+1,16+1,17+1,18+1,19+1,20+1,21+1,22+1,23+1. The van der Waals surface area contributed by atoms with E-state index in [1.165, 1.54) is 31.1 Å². The number of carbonyl (C=O) groups is 2. The SMILES string of the molecule is [13CH2]=[13C]1[13CH2][13CH2][13CH]2[13C]([13CH3])([13CH2][13CH2][13CH]3[13C]([13CH3])([13CH3])[13CH2][13CH2][13CH2][13C]32[13CH]=O)[13CH]1[13CH2][13CH2][13C]([13CH3])=O. The lowest BCUT2D eigenvalue weighted by atomic mass is 10.4. The maximum absolute atomic E-state index is 12.6. The maximum atomic E-state index is 12.6. The second kappa shape index (κ2) is 6.35. The first kappa shape index (κ1) is 18.9. The van der Waals surface area contributed by atoms with Crippen LogP contribution < -0.4 is 0 Å². The number of hydrogen-bond acceptors (Lipinski definition) is 2. The van der Waals surface area contributed by atoms with Gasteiger partial charge in [0.05, 0.1) is 0 Å². The number of hydrogen-bond donors (Lipinski definition) is 0. The Morgan fingerprint density at radius 2 is 1.88 bits per heavy atom. The molecule has 2 heteroatoms. The molecule has 0 saturated heterocycles. The van der Waals surface area contributed by atoms with Crippen molar-refractivity contribution in [2.24, 2.45) is 34.0 Å². The van der Waals surface area contributed by atoms with Crippen LogP contribution in [-0.2, 0) is 9.59 Å². The minimum atomic E-state index is -0.149. The first-order chi connectivity index (χ1) is 11.7. The van der Waals surface area contributed by atoms with E-state index in [4.69, 9.17) is 0 Å². The van der Waals surface area contributed by atoms with E-state index in [1.807, 2.05) is 0 Å². The van der Waals surface area contributed by atoms with Crippen molar-refractivity contribution in [3.8, 4) is 0 Å². The molecule has 2 nitrogen and oxygen atoms in total. The smallest absolute Gasteiger partial charge is 0.129 e. The van der Waals surface area contributed by atoms with Crippen LogP contribution in [0.5, 0.6) is 0 Å². The van der Waals surface area contributed by atoms with Crippen molar-refractivity contribution in [1.82, 2.24) is 0 Å². The van der Waals surface area contributed by atoms with Crippen molar-refractivity contribution in [1.29, 1.82) is 0 Å². The molecule has 0 heterocycles. The highest BCUT2D eigenvalue weighted by atomic mass is 16.2. The molecule has 0 aromatic carbocycles. The van der Waals surface area contributed by atoms with Crippen LogP contribution in [0.3, 0.4) is 0 Å². The Morgan fingerprint density at radius 1 is 1.16 bits per heavy atom. The number of Topliss-reactive ketones (excluding diaryl/α,β-unsaturated/α-hetero) is 1. The van der Waals surface area contributed by atoms with Gasteiger partial charge in [0.2, 0.25) is 0 Å². The largest absolute Gasteiger partial charge is 0.303 e. The van der Waals surface area contributed by atoms with Crippen LogP contribution in [-0.4, -0.2) is 12.1 Å². The number of ketones is 1. The van der Waals surface area contributed by atoms with E-state index >= 15 is 0 Å². The number of fused-ring (bicyclic) bond motifs is 3. The van der Waals surface area contributed by atoms with Crippen molar-refractivity contribution >= 4 is 12.1 Å². The molecule has 0 spiro atoms.